The minimum absolute atomic E-state index is 0.00690. The van der Waals surface area contributed by atoms with Crippen molar-refractivity contribution in [2.24, 2.45) is 0 Å². The molecule has 0 unspecified atom stereocenters. The Hall–Kier alpha value is -3.49. The van der Waals surface area contributed by atoms with Gasteiger partial charge in [-0.05, 0) is 54.6 Å². The summed E-state index contributed by atoms with van der Waals surface area (Å²) in [6, 6.07) is 21.8. The van der Waals surface area contributed by atoms with E-state index >= 15 is 0 Å². The maximum atomic E-state index is 13.5. The lowest BCUT2D eigenvalue weighted by molar-refractivity contribution is 0.415. The lowest BCUT2D eigenvalue weighted by atomic mass is 10.1. The van der Waals surface area contributed by atoms with Gasteiger partial charge < -0.3 is 4.74 Å². The number of hydrogen-bond donors (Lipinski definition) is 1. The molecular weight excluding hydrogens is 417 g/mol. The van der Waals surface area contributed by atoms with Gasteiger partial charge >= 0.3 is 0 Å². The van der Waals surface area contributed by atoms with Crippen molar-refractivity contribution in [1.29, 1.82) is 0 Å². The molecule has 0 atom stereocenters. The van der Waals surface area contributed by atoms with E-state index in [0.717, 1.165) is 17.3 Å². The van der Waals surface area contributed by atoms with Gasteiger partial charge in [-0.15, -0.1) is 0 Å². The molecule has 0 saturated heterocycles. The number of benzene rings is 3. The van der Waals surface area contributed by atoms with Gasteiger partial charge in [0.05, 0.1) is 23.4 Å². The second kappa shape index (κ2) is 8.71. The Kier molecular flexibility index (Phi) is 5.83. The molecule has 0 fully saturated rings. The Morgan fingerprint density at radius 3 is 2.42 bits per heavy atom. The van der Waals surface area contributed by atoms with Crippen LogP contribution in [0.3, 0.4) is 0 Å². The summed E-state index contributed by atoms with van der Waals surface area (Å²) < 4.78 is 48.2. The number of rotatable bonds is 7. The molecule has 0 saturated carbocycles. The van der Waals surface area contributed by atoms with Crippen molar-refractivity contribution in [3.63, 3.8) is 0 Å². The zero-order valence-corrected chi connectivity index (χ0v) is 17.5. The highest BCUT2D eigenvalue weighted by Crippen LogP contribution is 2.26. The second-order valence-electron chi connectivity index (χ2n) is 6.79. The van der Waals surface area contributed by atoms with Crippen LogP contribution in [0.5, 0.6) is 5.75 Å². The van der Waals surface area contributed by atoms with E-state index in [9.17, 15) is 12.8 Å². The van der Waals surface area contributed by atoms with E-state index in [1.807, 2.05) is 54.6 Å². The molecule has 0 spiro atoms. The molecule has 8 heteroatoms. The van der Waals surface area contributed by atoms with E-state index in [1.54, 1.807) is 18.0 Å². The second-order valence-corrected chi connectivity index (χ2v) is 8.56. The first-order chi connectivity index (χ1) is 15.0. The van der Waals surface area contributed by atoms with Crippen LogP contribution in [0.4, 0.5) is 4.39 Å². The average molecular weight is 437 g/mol. The molecule has 3 aromatic carbocycles. The van der Waals surface area contributed by atoms with Gasteiger partial charge in [0.1, 0.15) is 11.6 Å². The Morgan fingerprint density at radius 1 is 1.00 bits per heavy atom. The summed E-state index contributed by atoms with van der Waals surface area (Å²) in [6.45, 7) is -0.00690. The number of sulfonamides is 1. The smallest absolute Gasteiger partial charge is 0.240 e. The number of methoxy groups -OCH3 is 1. The van der Waals surface area contributed by atoms with Gasteiger partial charge in [0.15, 0.2) is 0 Å². The zero-order valence-electron chi connectivity index (χ0n) is 16.7. The van der Waals surface area contributed by atoms with Crippen molar-refractivity contribution in [2.45, 2.75) is 11.4 Å². The molecule has 158 valence electrons. The van der Waals surface area contributed by atoms with Crippen LogP contribution in [0, 0.1) is 5.82 Å². The highest BCUT2D eigenvalue weighted by Gasteiger charge is 2.18. The third-order valence-corrected chi connectivity index (χ3v) is 6.13. The third kappa shape index (κ3) is 4.65. The third-order valence-electron chi connectivity index (χ3n) is 4.73. The van der Waals surface area contributed by atoms with Gasteiger partial charge in [-0.25, -0.2) is 22.2 Å². The van der Waals surface area contributed by atoms with Gasteiger partial charge in [0, 0.05) is 23.9 Å². The largest absolute Gasteiger partial charge is 0.497 e. The number of halogens is 1. The molecular formula is C23H20FN3O3S. The first kappa shape index (κ1) is 20.8. The molecule has 31 heavy (non-hydrogen) atoms. The minimum Gasteiger partial charge on any atom is -0.497 e. The lowest BCUT2D eigenvalue weighted by Crippen LogP contribution is -2.23. The van der Waals surface area contributed by atoms with Crippen molar-refractivity contribution in [2.75, 3.05) is 7.11 Å². The summed E-state index contributed by atoms with van der Waals surface area (Å²) in [5.74, 6) is 0.0956. The molecule has 1 aromatic heterocycles. The standard InChI is InChI=1S/C23H20FN3O3S/c1-30-21-12-10-17(11-13-21)23-18(16-27(26-23)20-7-3-2-4-8-20)15-25-31(28,29)22-9-5-6-19(24)14-22/h2-14,16,25H,15H2,1H3. The predicted octanol–water partition coefficient (Wildman–Crippen LogP) is 4.17. The maximum Gasteiger partial charge on any atom is 0.240 e. The van der Waals surface area contributed by atoms with E-state index in [1.165, 1.54) is 18.2 Å². The Bertz CT molecular complexity index is 1290. The highest BCUT2D eigenvalue weighted by atomic mass is 32.2. The van der Waals surface area contributed by atoms with Gasteiger partial charge in [-0.1, -0.05) is 24.3 Å². The van der Waals surface area contributed by atoms with Gasteiger partial charge in [-0.3, -0.25) is 0 Å². The van der Waals surface area contributed by atoms with Gasteiger partial charge in [0.2, 0.25) is 10.0 Å². The van der Waals surface area contributed by atoms with Crippen molar-refractivity contribution in [1.82, 2.24) is 14.5 Å². The summed E-state index contributed by atoms with van der Waals surface area (Å²) in [6.07, 6.45) is 1.78. The number of nitrogens with zero attached hydrogens (tertiary/aromatic N) is 2. The van der Waals surface area contributed by atoms with E-state index in [-0.39, 0.29) is 11.4 Å². The van der Waals surface area contributed by atoms with Crippen LogP contribution in [-0.4, -0.2) is 25.3 Å². The monoisotopic (exact) mass is 437 g/mol. The minimum atomic E-state index is -3.89. The topological polar surface area (TPSA) is 73.2 Å². The lowest BCUT2D eigenvalue weighted by Gasteiger charge is -2.07. The van der Waals surface area contributed by atoms with E-state index in [0.29, 0.717) is 17.0 Å². The fourth-order valence-corrected chi connectivity index (χ4v) is 4.17. The Morgan fingerprint density at radius 2 is 1.74 bits per heavy atom. The summed E-state index contributed by atoms with van der Waals surface area (Å²) in [4.78, 5) is -0.131. The molecule has 0 aliphatic carbocycles. The van der Waals surface area contributed by atoms with Gasteiger partial charge in [0.25, 0.3) is 0 Å². The summed E-state index contributed by atoms with van der Waals surface area (Å²) >= 11 is 0. The fourth-order valence-electron chi connectivity index (χ4n) is 3.13. The van der Waals surface area contributed by atoms with Crippen LogP contribution >= 0.6 is 0 Å². The molecule has 4 rings (SSSR count). The number of aromatic nitrogens is 2. The van der Waals surface area contributed by atoms with Crippen LogP contribution < -0.4 is 9.46 Å². The molecule has 0 aliphatic rings. The van der Waals surface area contributed by atoms with Crippen molar-refractivity contribution >= 4 is 10.0 Å². The predicted molar refractivity (Wildman–Crippen MR) is 116 cm³/mol. The van der Waals surface area contributed by atoms with Crippen molar-refractivity contribution in [3.8, 4) is 22.7 Å². The van der Waals surface area contributed by atoms with Crippen molar-refractivity contribution < 1.29 is 17.5 Å². The fraction of sp³-hybridized carbons (Fsp3) is 0.0870. The molecule has 0 bridgehead atoms. The molecule has 0 aliphatic heterocycles. The maximum absolute atomic E-state index is 13.5. The van der Waals surface area contributed by atoms with E-state index < -0.39 is 15.8 Å². The van der Waals surface area contributed by atoms with Crippen LogP contribution in [0.2, 0.25) is 0 Å². The van der Waals surface area contributed by atoms with Crippen molar-refractivity contribution in [3.05, 3.63) is 96.4 Å². The first-order valence-corrected chi connectivity index (χ1v) is 11.0. The molecule has 0 radical (unpaired) electrons. The number of para-hydroxylation sites is 1. The summed E-state index contributed by atoms with van der Waals surface area (Å²) in [7, 11) is -2.30. The quantitative estimate of drug-likeness (QED) is 0.471. The van der Waals surface area contributed by atoms with Crippen LogP contribution in [0.15, 0.2) is 90.0 Å². The summed E-state index contributed by atoms with van der Waals surface area (Å²) in [5.41, 5.74) is 2.97. The Balaban J connectivity index is 1.69. The Labute approximate surface area is 180 Å². The highest BCUT2D eigenvalue weighted by molar-refractivity contribution is 7.89. The average Bonchev–Trinajstić information content (AvgIpc) is 3.23. The number of nitrogens with one attached hydrogen (secondary N) is 1. The van der Waals surface area contributed by atoms with Crippen LogP contribution in [-0.2, 0) is 16.6 Å². The molecule has 1 heterocycles. The zero-order chi connectivity index (χ0) is 21.8. The first-order valence-electron chi connectivity index (χ1n) is 9.50. The van der Waals surface area contributed by atoms with Crippen LogP contribution in [0.25, 0.3) is 16.9 Å². The van der Waals surface area contributed by atoms with Crippen LogP contribution in [0.1, 0.15) is 5.56 Å². The number of ether oxygens (including phenoxy) is 1. The molecule has 0 amide bonds. The molecule has 6 nitrogen and oxygen atoms in total. The normalized spacial score (nSPS) is 11.4. The van der Waals surface area contributed by atoms with Gasteiger partial charge in [-0.2, -0.15) is 5.10 Å². The number of hydrogen-bond acceptors (Lipinski definition) is 4. The SMILES string of the molecule is COc1ccc(-c2nn(-c3ccccc3)cc2CNS(=O)(=O)c2cccc(F)c2)cc1. The van der Waals surface area contributed by atoms with E-state index in [4.69, 9.17) is 4.74 Å². The molecule has 1 N–H and O–H groups in total. The van der Waals surface area contributed by atoms with E-state index in [2.05, 4.69) is 9.82 Å². The molecule has 4 aromatic rings. The summed E-state index contributed by atoms with van der Waals surface area (Å²) in [5, 5.41) is 4.67.